The molecule has 0 aromatic heterocycles. The van der Waals surface area contributed by atoms with Gasteiger partial charge in [0, 0.05) is 35.0 Å². The van der Waals surface area contributed by atoms with Gasteiger partial charge < -0.3 is 9.47 Å². The Kier molecular flexibility index (Phi) is 7.47. The maximum Gasteiger partial charge on any atom is 0.219 e. The molecule has 158 valence electrons. The van der Waals surface area contributed by atoms with E-state index >= 15 is 0 Å². The van der Waals surface area contributed by atoms with E-state index in [-0.39, 0.29) is 5.12 Å². The lowest BCUT2D eigenvalue weighted by Gasteiger charge is -2.46. The fraction of sp³-hybridized carbons (Fsp3) is 0.542. The van der Waals surface area contributed by atoms with E-state index < -0.39 is 0 Å². The summed E-state index contributed by atoms with van der Waals surface area (Å²) >= 11 is 1.54. The topological polar surface area (TPSA) is 38.8 Å². The highest BCUT2D eigenvalue weighted by atomic mass is 32.2. The maximum atomic E-state index is 12.5. The van der Waals surface area contributed by atoms with Crippen molar-refractivity contribution in [3.05, 3.63) is 47.6 Å². The first-order valence-electron chi connectivity index (χ1n) is 10.4. The molecule has 2 saturated carbocycles. The van der Waals surface area contributed by atoms with Crippen LogP contribution in [0.5, 0.6) is 11.5 Å². The largest absolute Gasteiger partial charge is 0.497 e. The Bertz CT molecular complexity index is 788. The summed E-state index contributed by atoms with van der Waals surface area (Å²) in [5.41, 5.74) is 2.00. The average Bonchev–Trinajstić information content (AvgIpc) is 3.01. The summed E-state index contributed by atoms with van der Waals surface area (Å²) in [6, 6.07) is 6.62. The zero-order valence-corrected chi connectivity index (χ0v) is 19.0. The lowest BCUT2D eigenvalue weighted by atomic mass is 9.71. The Morgan fingerprint density at radius 3 is 2.66 bits per heavy atom. The fourth-order valence-electron chi connectivity index (χ4n) is 4.79. The van der Waals surface area contributed by atoms with Crippen molar-refractivity contribution in [3.63, 3.8) is 0 Å². The van der Waals surface area contributed by atoms with E-state index in [2.05, 4.69) is 18.0 Å². The zero-order valence-electron chi connectivity index (χ0n) is 18.2. The Morgan fingerprint density at radius 1 is 1.21 bits per heavy atom. The minimum Gasteiger partial charge on any atom is -0.497 e. The van der Waals surface area contributed by atoms with Gasteiger partial charge in [-0.1, -0.05) is 36.1 Å². The van der Waals surface area contributed by atoms with Crippen molar-refractivity contribution in [2.75, 3.05) is 21.3 Å². The van der Waals surface area contributed by atoms with E-state index in [1.54, 1.807) is 26.0 Å². The number of thioether (sulfide) groups is 1. The van der Waals surface area contributed by atoms with Gasteiger partial charge in [-0.2, -0.15) is 0 Å². The van der Waals surface area contributed by atoms with Gasteiger partial charge in [0.05, 0.1) is 14.2 Å². The highest BCUT2D eigenvalue weighted by Crippen LogP contribution is 2.52. The van der Waals surface area contributed by atoms with Gasteiger partial charge in [-0.25, -0.2) is 0 Å². The van der Waals surface area contributed by atoms with Gasteiger partial charge in [-0.15, -0.1) is 0 Å². The smallest absolute Gasteiger partial charge is 0.219 e. The molecule has 1 aromatic carbocycles. The van der Waals surface area contributed by atoms with Crippen molar-refractivity contribution in [3.8, 4) is 11.5 Å². The first kappa shape index (κ1) is 22.0. The summed E-state index contributed by atoms with van der Waals surface area (Å²) in [6.07, 6.45) is 9.31. The maximum absolute atomic E-state index is 12.5. The van der Waals surface area contributed by atoms with E-state index in [1.165, 1.54) is 18.4 Å². The Hall–Kier alpha value is -1.72. The molecular formula is C24H33NO3S. The molecule has 0 amide bonds. The van der Waals surface area contributed by atoms with Crippen molar-refractivity contribution in [2.24, 2.45) is 11.8 Å². The first-order chi connectivity index (χ1) is 14.0. The lowest BCUT2D eigenvalue weighted by molar-refractivity contribution is -0.107. The number of allylic oxidation sites excluding steroid dienone is 3. The number of benzene rings is 1. The summed E-state index contributed by atoms with van der Waals surface area (Å²) in [4.78, 5) is 15.0. The minimum absolute atomic E-state index is 0.213. The molecule has 2 aliphatic rings. The molecule has 5 heteroatoms. The van der Waals surface area contributed by atoms with Gasteiger partial charge in [0.25, 0.3) is 0 Å². The Balaban J connectivity index is 1.57. The number of hydrogen-bond donors (Lipinski definition) is 0. The van der Waals surface area contributed by atoms with Crippen LogP contribution >= 0.6 is 11.8 Å². The molecule has 0 aliphatic heterocycles. The average molecular weight is 416 g/mol. The normalized spacial score (nSPS) is 26.5. The van der Waals surface area contributed by atoms with Crippen LogP contribution < -0.4 is 9.47 Å². The highest BCUT2D eigenvalue weighted by molar-refractivity contribution is 8.14. The molecule has 0 N–H and O–H groups in total. The van der Waals surface area contributed by atoms with Crippen molar-refractivity contribution < 1.29 is 14.3 Å². The lowest BCUT2D eigenvalue weighted by Crippen LogP contribution is -2.48. The summed E-state index contributed by atoms with van der Waals surface area (Å²) in [5, 5.41) is 0.663. The molecule has 29 heavy (non-hydrogen) atoms. The molecular weight excluding hydrogens is 382 g/mol. The number of nitrogens with zero attached hydrogens (tertiary/aromatic N) is 1. The Morgan fingerprint density at radius 2 is 2.00 bits per heavy atom. The predicted octanol–water partition coefficient (Wildman–Crippen LogP) is 5.08. The van der Waals surface area contributed by atoms with Gasteiger partial charge in [0.2, 0.25) is 5.12 Å². The number of hydrogen-bond acceptors (Lipinski definition) is 5. The first-order valence-corrected chi connectivity index (χ1v) is 11.3. The van der Waals surface area contributed by atoms with Gasteiger partial charge in [-0.05, 0) is 58.1 Å². The van der Waals surface area contributed by atoms with Gasteiger partial charge in [-0.3, -0.25) is 9.69 Å². The summed E-state index contributed by atoms with van der Waals surface area (Å²) in [6.45, 7) is 4.75. The van der Waals surface area contributed by atoms with E-state index in [9.17, 15) is 4.79 Å². The van der Waals surface area contributed by atoms with Gasteiger partial charge >= 0.3 is 0 Å². The summed E-state index contributed by atoms with van der Waals surface area (Å²) < 4.78 is 10.9. The standard InChI is InChI=1S/C24H33NO3S/c1-6-8-16(7-2)24(26)29-20-11-18-12-22(21(18)14-20)25(3)15-17-9-10-19(27-4)13-23(17)28-5/h6-10,13,18,20-22H,11-12,14-15H2,1-5H3/b8-6-,16-7+/t18-,20?,21-,22?/m1/s1. The Labute approximate surface area is 179 Å². The van der Waals surface area contributed by atoms with Crippen molar-refractivity contribution in [1.82, 2.24) is 4.90 Å². The third kappa shape index (κ3) is 4.89. The second-order valence-corrected chi connectivity index (χ2v) is 9.34. The molecule has 4 atom stereocenters. The second-order valence-electron chi connectivity index (χ2n) is 8.06. The van der Waals surface area contributed by atoms with Crippen LogP contribution in [0.25, 0.3) is 0 Å². The monoisotopic (exact) mass is 415 g/mol. The van der Waals surface area contributed by atoms with Crippen LogP contribution in [0.1, 0.15) is 38.7 Å². The molecule has 0 heterocycles. The number of ether oxygens (including phenoxy) is 2. The quantitative estimate of drug-likeness (QED) is 0.437. The third-order valence-electron chi connectivity index (χ3n) is 6.39. The molecule has 2 fully saturated rings. The van der Waals surface area contributed by atoms with Gasteiger partial charge in [0.15, 0.2) is 0 Å². The van der Waals surface area contributed by atoms with Crippen molar-refractivity contribution >= 4 is 16.9 Å². The molecule has 4 nitrogen and oxygen atoms in total. The minimum atomic E-state index is 0.213. The number of fused-ring (bicyclic) bond motifs is 1. The SMILES string of the molecule is C/C=C\C(=C/C)C(=O)SC1C[C@@H]2CC(N(C)Cc3ccc(OC)cc3OC)[C@@H]2C1. The van der Waals surface area contributed by atoms with Crippen LogP contribution in [0.4, 0.5) is 0 Å². The third-order valence-corrected chi connectivity index (χ3v) is 7.56. The van der Waals surface area contributed by atoms with E-state index in [1.807, 2.05) is 44.2 Å². The zero-order chi connectivity index (χ0) is 21.0. The molecule has 0 bridgehead atoms. The molecule has 1 aromatic rings. The molecule has 2 aliphatic carbocycles. The van der Waals surface area contributed by atoms with Crippen LogP contribution in [0.15, 0.2) is 42.0 Å². The number of carbonyl (C=O) groups excluding carboxylic acids is 1. The van der Waals surface area contributed by atoms with E-state index in [4.69, 9.17) is 9.47 Å². The van der Waals surface area contributed by atoms with Gasteiger partial charge in [0.1, 0.15) is 11.5 Å². The van der Waals surface area contributed by atoms with Crippen LogP contribution in [0.3, 0.4) is 0 Å². The molecule has 0 saturated heterocycles. The molecule has 0 radical (unpaired) electrons. The van der Waals surface area contributed by atoms with Crippen LogP contribution in [0.2, 0.25) is 0 Å². The molecule has 0 spiro atoms. The van der Waals surface area contributed by atoms with Crippen LogP contribution in [-0.2, 0) is 11.3 Å². The number of rotatable bonds is 8. The summed E-state index contributed by atoms with van der Waals surface area (Å²) in [5.74, 6) is 3.16. The second kappa shape index (κ2) is 9.86. The van der Waals surface area contributed by atoms with Crippen LogP contribution in [0, 0.1) is 11.8 Å². The highest BCUT2D eigenvalue weighted by Gasteiger charge is 2.49. The predicted molar refractivity (Wildman–Crippen MR) is 121 cm³/mol. The number of carbonyl (C=O) groups is 1. The molecule has 3 rings (SSSR count). The van der Waals surface area contributed by atoms with E-state index in [0.717, 1.165) is 36.0 Å². The van der Waals surface area contributed by atoms with E-state index in [0.29, 0.717) is 17.2 Å². The van der Waals surface area contributed by atoms with Crippen molar-refractivity contribution in [1.29, 1.82) is 0 Å². The molecule has 2 unspecified atom stereocenters. The fourth-order valence-corrected chi connectivity index (χ4v) is 6.08. The van der Waals surface area contributed by atoms with Crippen LogP contribution in [-0.4, -0.2) is 42.6 Å². The van der Waals surface area contributed by atoms with Crippen molar-refractivity contribution in [2.45, 2.75) is 50.9 Å². The number of methoxy groups -OCH3 is 2. The summed E-state index contributed by atoms with van der Waals surface area (Å²) in [7, 11) is 5.59.